The predicted molar refractivity (Wildman–Crippen MR) is 76.1 cm³/mol. The van der Waals surface area contributed by atoms with Gasteiger partial charge < -0.3 is 20.1 Å². The van der Waals surface area contributed by atoms with Gasteiger partial charge in [-0.05, 0) is 31.2 Å². The monoisotopic (exact) mass is 280 g/mol. The fourth-order valence-electron chi connectivity index (χ4n) is 1.64. The second-order valence-corrected chi connectivity index (χ2v) is 4.44. The average molecular weight is 280 g/mol. The van der Waals surface area contributed by atoms with Crippen LogP contribution in [0.3, 0.4) is 0 Å². The van der Waals surface area contributed by atoms with Crippen LogP contribution in [0.4, 0.5) is 10.5 Å². The van der Waals surface area contributed by atoms with Crippen molar-refractivity contribution in [3.05, 3.63) is 24.3 Å². The van der Waals surface area contributed by atoms with E-state index in [0.29, 0.717) is 18.0 Å². The lowest BCUT2D eigenvalue weighted by molar-refractivity contribution is -0.141. The highest BCUT2D eigenvalue weighted by molar-refractivity contribution is 5.89. The minimum Gasteiger partial charge on any atom is -0.497 e. The van der Waals surface area contributed by atoms with Crippen LogP contribution in [0.2, 0.25) is 0 Å². The van der Waals surface area contributed by atoms with Crippen LogP contribution in [0.1, 0.15) is 13.8 Å². The number of methoxy groups -OCH3 is 1. The van der Waals surface area contributed by atoms with Gasteiger partial charge in [-0.15, -0.1) is 0 Å². The molecule has 20 heavy (non-hydrogen) atoms. The molecule has 6 heteroatoms. The first kappa shape index (κ1) is 15.8. The Morgan fingerprint density at radius 1 is 1.35 bits per heavy atom. The van der Waals surface area contributed by atoms with E-state index in [4.69, 9.17) is 9.84 Å². The van der Waals surface area contributed by atoms with Crippen LogP contribution >= 0.6 is 0 Å². The zero-order valence-electron chi connectivity index (χ0n) is 11.9. The van der Waals surface area contributed by atoms with Gasteiger partial charge in [0.05, 0.1) is 13.0 Å². The average Bonchev–Trinajstić information content (AvgIpc) is 2.44. The highest BCUT2D eigenvalue weighted by Gasteiger charge is 2.19. The van der Waals surface area contributed by atoms with Crippen molar-refractivity contribution >= 4 is 17.7 Å². The van der Waals surface area contributed by atoms with E-state index in [0.717, 1.165) is 0 Å². The van der Waals surface area contributed by atoms with Crippen molar-refractivity contribution in [3.8, 4) is 5.75 Å². The van der Waals surface area contributed by atoms with Crippen LogP contribution in [0.25, 0.3) is 0 Å². The van der Waals surface area contributed by atoms with Gasteiger partial charge in [-0.3, -0.25) is 4.79 Å². The summed E-state index contributed by atoms with van der Waals surface area (Å²) >= 11 is 0. The fraction of sp³-hybridized carbons (Fsp3) is 0.429. The molecular formula is C14H20N2O4. The van der Waals surface area contributed by atoms with Gasteiger partial charge in [0.1, 0.15) is 5.75 Å². The molecule has 0 aliphatic carbocycles. The summed E-state index contributed by atoms with van der Waals surface area (Å²) < 4.78 is 5.03. The van der Waals surface area contributed by atoms with E-state index in [9.17, 15) is 9.59 Å². The molecule has 2 N–H and O–H groups in total. The van der Waals surface area contributed by atoms with Crippen molar-refractivity contribution in [2.24, 2.45) is 5.92 Å². The number of carboxylic acid groups (broad SMARTS) is 1. The minimum atomic E-state index is -0.916. The van der Waals surface area contributed by atoms with Crippen LogP contribution in [0, 0.1) is 5.92 Å². The third kappa shape index (κ3) is 4.46. The Morgan fingerprint density at radius 3 is 2.40 bits per heavy atom. The van der Waals surface area contributed by atoms with E-state index < -0.39 is 11.9 Å². The summed E-state index contributed by atoms with van der Waals surface area (Å²) in [5.41, 5.74) is 0.636. The maximum atomic E-state index is 12.0. The van der Waals surface area contributed by atoms with Gasteiger partial charge in [-0.1, -0.05) is 6.92 Å². The molecule has 0 fully saturated rings. The Bertz CT molecular complexity index is 459. The molecule has 0 spiro atoms. The number of aliphatic carboxylic acids is 1. The van der Waals surface area contributed by atoms with E-state index in [2.05, 4.69) is 5.32 Å². The van der Waals surface area contributed by atoms with E-state index in [1.165, 1.54) is 4.90 Å². The number of ether oxygens (including phenoxy) is 1. The summed E-state index contributed by atoms with van der Waals surface area (Å²) in [6, 6.07) is 6.62. The summed E-state index contributed by atoms with van der Waals surface area (Å²) in [5.74, 6) is -0.813. The summed E-state index contributed by atoms with van der Waals surface area (Å²) in [5, 5.41) is 11.6. The van der Waals surface area contributed by atoms with Crippen molar-refractivity contribution in [2.75, 3.05) is 25.5 Å². The standard InChI is InChI=1S/C14H20N2O4/c1-4-16(9-10(2)13(17)18)14(19)15-11-5-7-12(20-3)8-6-11/h5-8,10H,4,9H2,1-3H3,(H,15,19)(H,17,18). The van der Waals surface area contributed by atoms with Crippen molar-refractivity contribution in [2.45, 2.75) is 13.8 Å². The quantitative estimate of drug-likeness (QED) is 0.837. The zero-order valence-corrected chi connectivity index (χ0v) is 11.9. The molecule has 1 rings (SSSR count). The van der Waals surface area contributed by atoms with E-state index in [-0.39, 0.29) is 12.6 Å². The first-order valence-corrected chi connectivity index (χ1v) is 6.40. The Morgan fingerprint density at radius 2 is 1.95 bits per heavy atom. The molecule has 0 radical (unpaired) electrons. The van der Waals surface area contributed by atoms with Crippen LogP contribution in [-0.2, 0) is 4.79 Å². The summed E-state index contributed by atoms with van der Waals surface area (Å²) in [6.45, 7) is 4.00. The predicted octanol–water partition coefficient (Wildman–Crippen LogP) is 2.27. The Hall–Kier alpha value is -2.24. The van der Waals surface area contributed by atoms with Gasteiger partial charge in [0.15, 0.2) is 0 Å². The third-order valence-corrected chi connectivity index (χ3v) is 2.93. The number of nitrogens with zero attached hydrogens (tertiary/aromatic N) is 1. The van der Waals surface area contributed by atoms with Crippen LogP contribution < -0.4 is 10.1 Å². The molecule has 1 unspecified atom stereocenters. The van der Waals surface area contributed by atoms with Crippen LogP contribution in [-0.4, -0.2) is 42.2 Å². The second kappa shape index (κ2) is 7.37. The number of rotatable bonds is 6. The molecule has 0 aliphatic rings. The third-order valence-electron chi connectivity index (χ3n) is 2.93. The lowest BCUT2D eigenvalue weighted by atomic mass is 10.2. The molecule has 1 atom stereocenters. The largest absolute Gasteiger partial charge is 0.497 e. The number of amides is 2. The molecule has 0 aromatic heterocycles. The highest BCUT2D eigenvalue weighted by atomic mass is 16.5. The number of carbonyl (C=O) groups is 2. The molecule has 0 bridgehead atoms. The molecule has 110 valence electrons. The van der Waals surface area contributed by atoms with Gasteiger partial charge in [0, 0.05) is 18.8 Å². The summed E-state index contributed by atoms with van der Waals surface area (Å²) in [6.07, 6.45) is 0. The molecule has 1 aromatic carbocycles. The number of carboxylic acids is 1. The maximum Gasteiger partial charge on any atom is 0.321 e. The minimum absolute atomic E-state index is 0.174. The number of nitrogens with one attached hydrogen (secondary N) is 1. The number of carbonyl (C=O) groups excluding carboxylic acids is 1. The van der Waals surface area contributed by atoms with Crippen LogP contribution in [0.15, 0.2) is 24.3 Å². The summed E-state index contributed by atoms with van der Waals surface area (Å²) in [7, 11) is 1.57. The van der Waals surface area contributed by atoms with Crippen molar-refractivity contribution < 1.29 is 19.4 Å². The molecule has 0 saturated carbocycles. The molecule has 2 amide bonds. The zero-order chi connectivity index (χ0) is 15.1. The first-order chi connectivity index (χ1) is 9.47. The SMILES string of the molecule is CCN(CC(C)C(=O)O)C(=O)Nc1ccc(OC)cc1. The van der Waals surface area contributed by atoms with E-state index in [1.807, 2.05) is 6.92 Å². The van der Waals surface area contributed by atoms with Gasteiger partial charge in [-0.2, -0.15) is 0 Å². The van der Waals surface area contributed by atoms with Crippen molar-refractivity contribution in [1.29, 1.82) is 0 Å². The smallest absolute Gasteiger partial charge is 0.321 e. The molecule has 1 aromatic rings. The molecule has 0 heterocycles. The first-order valence-electron chi connectivity index (χ1n) is 6.40. The van der Waals surface area contributed by atoms with Gasteiger partial charge in [0.2, 0.25) is 0 Å². The fourth-order valence-corrected chi connectivity index (χ4v) is 1.64. The number of benzene rings is 1. The van der Waals surface area contributed by atoms with Crippen molar-refractivity contribution in [3.63, 3.8) is 0 Å². The molecule has 0 aliphatic heterocycles. The lowest BCUT2D eigenvalue weighted by Crippen LogP contribution is -2.39. The Labute approximate surface area is 118 Å². The molecule has 6 nitrogen and oxygen atoms in total. The Kier molecular flexibility index (Phi) is 5.83. The van der Waals surface area contributed by atoms with Gasteiger partial charge >= 0.3 is 12.0 Å². The number of hydrogen-bond donors (Lipinski definition) is 2. The number of urea groups is 1. The maximum absolute atomic E-state index is 12.0. The van der Waals surface area contributed by atoms with Crippen molar-refractivity contribution in [1.82, 2.24) is 4.90 Å². The number of anilines is 1. The highest BCUT2D eigenvalue weighted by Crippen LogP contribution is 2.15. The normalized spacial score (nSPS) is 11.6. The topological polar surface area (TPSA) is 78.9 Å². The van der Waals surface area contributed by atoms with Gasteiger partial charge in [0.25, 0.3) is 0 Å². The lowest BCUT2D eigenvalue weighted by Gasteiger charge is -2.23. The van der Waals surface area contributed by atoms with Crippen LogP contribution in [0.5, 0.6) is 5.75 Å². The second-order valence-electron chi connectivity index (χ2n) is 4.44. The van der Waals surface area contributed by atoms with E-state index >= 15 is 0 Å². The van der Waals surface area contributed by atoms with E-state index in [1.54, 1.807) is 38.3 Å². The number of hydrogen-bond acceptors (Lipinski definition) is 3. The Balaban J connectivity index is 2.64. The summed E-state index contributed by atoms with van der Waals surface area (Å²) in [4.78, 5) is 24.3. The molecule has 0 saturated heterocycles. The van der Waals surface area contributed by atoms with Gasteiger partial charge in [-0.25, -0.2) is 4.79 Å². The molecular weight excluding hydrogens is 260 g/mol.